The number of nitrogens with one attached hydrogen (secondary N) is 1. The molecule has 25 heavy (non-hydrogen) atoms. The molecule has 1 saturated heterocycles. The SMILES string of the molecule is CC(=O)N1CCN([C@@H]2CC[C@@H](NC(=O)c3cncc(C)c3)[C@H]2O)CC1. The molecule has 0 aromatic carbocycles. The number of rotatable bonds is 3. The second kappa shape index (κ2) is 7.49. The fraction of sp³-hybridized carbons (Fsp3) is 0.611. The van der Waals surface area contributed by atoms with Crippen molar-refractivity contribution in [1.82, 2.24) is 20.1 Å². The van der Waals surface area contributed by atoms with Gasteiger partial charge in [0.1, 0.15) is 0 Å². The van der Waals surface area contributed by atoms with E-state index >= 15 is 0 Å². The van der Waals surface area contributed by atoms with Crippen LogP contribution in [0.4, 0.5) is 0 Å². The Bertz CT molecular complexity index is 643. The molecule has 2 aliphatic rings. The summed E-state index contributed by atoms with van der Waals surface area (Å²) in [5.41, 5.74) is 1.45. The average molecular weight is 346 g/mol. The Morgan fingerprint density at radius 1 is 1.20 bits per heavy atom. The van der Waals surface area contributed by atoms with Gasteiger partial charge in [-0.3, -0.25) is 19.5 Å². The number of aryl methyl sites for hydroxylation is 1. The van der Waals surface area contributed by atoms with Crippen LogP contribution < -0.4 is 5.32 Å². The first kappa shape index (κ1) is 17.8. The van der Waals surface area contributed by atoms with Gasteiger partial charge in [0.25, 0.3) is 5.91 Å². The van der Waals surface area contributed by atoms with Crippen molar-refractivity contribution >= 4 is 11.8 Å². The zero-order chi connectivity index (χ0) is 18.0. The van der Waals surface area contributed by atoms with Gasteiger partial charge in [-0.2, -0.15) is 0 Å². The fourth-order valence-corrected chi connectivity index (χ4v) is 3.82. The summed E-state index contributed by atoms with van der Waals surface area (Å²) in [7, 11) is 0. The Balaban J connectivity index is 1.56. The van der Waals surface area contributed by atoms with E-state index in [2.05, 4.69) is 15.2 Å². The van der Waals surface area contributed by atoms with Crippen molar-refractivity contribution in [3.8, 4) is 0 Å². The molecule has 2 amide bonds. The summed E-state index contributed by atoms with van der Waals surface area (Å²) in [5, 5.41) is 13.6. The van der Waals surface area contributed by atoms with Gasteiger partial charge < -0.3 is 15.3 Å². The van der Waals surface area contributed by atoms with E-state index in [4.69, 9.17) is 0 Å². The van der Waals surface area contributed by atoms with Gasteiger partial charge >= 0.3 is 0 Å². The molecule has 7 nitrogen and oxygen atoms in total. The quantitative estimate of drug-likeness (QED) is 0.815. The number of carbonyl (C=O) groups excluding carboxylic acids is 2. The van der Waals surface area contributed by atoms with Gasteiger partial charge in [-0.25, -0.2) is 0 Å². The molecule has 1 aliphatic heterocycles. The lowest BCUT2D eigenvalue weighted by atomic mass is 10.1. The third-order valence-corrected chi connectivity index (χ3v) is 5.26. The Morgan fingerprint density at radius 3 is 2.56 bits per heavy atom. The number of hydrogen-bond donors (Lipinski definition) is 2. The predicted molar refractivity (Wildman–Crippen MR) is 93.1 cm³/mol. The largest absolute Gasteiger partial charge is 0.389 e. The Hall–Kier alpha value is -1.99. The van der Waals surface area contributed by atoms with Gasteiger partial charge in [0, 0.05) is 51.5 Å². The standard InChI is InChI=1S/C18H26N4O3/c1-12-9-14(11-19-10-12)18(25)20-15-3-4-16(17(15)24)22-7-5-21(6-8-22)13(2)23/h9-11,15-17,24H,3-8H2,1-2H3,(H,20,25)/t15-,16-,17-/m1/s1. The smallest absolute Gasteiger partial charge is 0.253 e. The van der Waals surface area contributed by atoms with Crippen LogP contribution in [0, 0.1) is 6.92 Å². The minimum absolute atomic E-state index is 0.0371. The Kier molecular flexibility index (Phi) is 5.34. The monoisotopic (exact) mass is 346 g/mol. The lowest BCUT2D eigenvalue weighted by molar-refractivity contribution is -0.131. The Morgan fingerprint density at radius 2 is 1.92 bits per heavy atom. The maximum absolute atomic E-state index is 12.4. The second-order valence-electron chi connectivity index (χ2n) is 7.01. The van der Waals surface area contributed by atoms with Crippen LogP contribution in [0.2, 0.25) is 0 Å². The highest BCUT2D eigenvalue weighted by Gasteiger charge is 2.40. The molecule has 2 N–H and O–H groups in total. The number of carbonyl (C=O) groups is 2. The van der Waals surface area contributed by atoms with Crippen molar-refractivity contribution in [3.05, 3.63) is 29.6 Å². The summed E-state index contributed by atoms with van der Waals surface area (Å²) in [5.74, 6) is -0.0918. The van der Waals surface area contributed by atoms with E-state index in [0.717, 1.165) is 31.5 Å². The van der Waals surface area contributed by atoms with E-state index in [1.165, 1.54) is 0 Å². The van der Waals surface area contributed by atoms with Gasteiger partial charge in [0.2, 0.25) is 5.91 Å². The summed E-state index contributed by atoms with van der Waals surface area (Å²) in [6.07, 6.45) is 4.26. The summed E-state index contributed by atoms with van der Waals surface area (Å²) < 4.78 is 0. The molecule has 0 radical (unpaired) electrons. The summed E-state index contributed by atoms with van der Waals surface area (Å²) in [6, 6.07) is 1.58. The fourth-order valence-electron chi connectivity index (χ4n) is 3.82. The number of aliphatic hydroxyl groups is 1. The molecule has 7 heteroatoms. The molecule has 1 aromatic heterocycles. The van der Waals surface area contributed by atoms with Gasteiger partial charge in [0.05, 0.1) is 17.7 Å². The molecular weight excluding hydrogens is 320 g/mol. The number of aliphatic hydroxyl groups excluding tert-OH is 1. The van der Waals surface area contributed by atoms with Gasteiger partial charge in [-0.1, -0.05) is 0 Å². The molecule has 0 spiro atoms. The molecule has 1 saturated carbocycles. The van der Waals surface area contributed by atoms with Gasteiger partial charge in [-0.05, 0) is 31.4 Å². The molecule has 2 fully saturated rings. The number of aromatic nitrogens is 1. The second-order valence-corrected chi connectivity index (χ2v) is 7.01. The van der Waals surface area contributed by atoms with Gasteiger partial charge in [0.15, 0.2) is 0 Å². The molecule has 0 bridgehead atoms. The third-order valence-electron chi connectivity index (χ3n) is 5.26. The van der Waals surface area contributed by atoms with E-state index in [-0.39, 0.29) is 23.9 Å². The molecule has 3 rings (SSSR count). The summed E-state index contributed by atoms with van der Waals surface area (Å²) >= 11 is 0. The highest BCUT2D eigenvalue weighted by molar-refractivity contribution is 5.94. The first-order valence-electron chi connectivity index (χ1n) is 8.86. The number of amides is 2. The van der Waals surface area contributed by atoms with Crippen LogP contribution in [-0.2, 0) is 4.79 Å². The van der Waals surface area contributed by atoms with Crippen LogP contribution in [0.15, 0.2) is 18.5 Å². The number of piperazine rings is 1. The average Bonchev–Trinajstić information content (AvgIpc) is 2.95. The van der Waals surface area contributed by atoms with Crippen LogP contribution in [0.25, 0.3) is 0 Å². The third kappa shape index (κ3) is 3.99. The summed E-state index contributed by atoms with van der Waals surface area (Å²) in [4.78, 5) is 31.9. The molecule has 1 aromatic rings. The zero-order valence-corrected chi connectivity index (χ0v) is 14.8. The zero-order valence-electron chi connectivity index (χ0n) is 14.8. The molecule has 2 heterocycles. The number of nitrogens with zero attached hydrogens (tertiary/aromatic N) is 3. The summed E-state index contributed by atoms with van der Waals surface area (Å²) in [6.45, 7) is 6.42. The van der Waals surface area contributed by atoms with Crippen LogP contribution in [0.5, 0.6) is 0 Å². The normalized spacial score (nSPS) is 27.3. The van der Waals surface area contributed by atoms with Crippen molar-refractivity contribution in [1.29, 1.82) is 0 Å². The van der Waals surface area contributed by atoms with Crippen LogP contribution in [0.3, 0.4) is 0 Å². The van der Waals surface area contributed by atoms with E-state index in [1.54, 1.807) is 25.4 Å². The van der Waals surface area contributed by atoms with E-state index in [0.29, 0.717) is 18.7 Å². The number of pyridine rings is 1. The van der Waals surface area contributed by atoms with E-state index in [9.17, 15) is 14.7 Å². The molecule has 136 valence electrons. The maximum Gasteiger partial charge on any atom is 0.253 e. The van der Waals surface area contributed by atoms with E-state index < -0.39 is 6.10 Å². The van der Waals surface area contributed by atoms with E-state index in [1.807, 2.05) is 11.8 Å². The number of hydrogen-bond acceptors (Lipinski definition) is 5. The van der Waals surface area contributed by atoms with Crippen molar-refractivity contribution < 1.29 is 14.7 Å². The van der Waals surface area contributed by atoms with Crippen LogP contribution >= 0.6 is 0 Å². The predicted octanol–water partition coefficient (Wildman–Crippen LogP) is 0.176. The highest BCUT2D eigenvalue weighted by Crippen LogP contribution is 2.26. The maximum atomic E-state index is 12.4. The minimum Gasteiger partial charge on any atom is -0.389 e. The first-order chi connectivity index (χ1) is 12.0. The first-order valence-corrected chi connectivity index (χ1v) is 8.86. The molecular formula is C18H26N4O3. The van der Waals surface area contributed by atoms with Crippen molar-refractivity contribution in [2.45, 2.75) is 44.9 Å². The lowest BCUT2D eigenvalue weighted by Gasteiger charge is -2.39. The van der Waals surface area contributed by atoms with Crippen LogP contribution in [0.1, 0.15) is 35.7 Å². The molecule has 3 atom stereocenters. The van der Waals surface area contributed by atoms with Crippen molar-refractivity contribution in [2.75, 3.05) is 26.2 Å². The minimum atomic E-state index is -0.592. The molecule has 0 unspecified atom stereocenters. The molecule has 1 aliphatic carbocycles. The van der Waals surface area contributed by atoms with Crippen molar-refractivity contribution in [2.24, 2.45) is 0 Å². The lowest BCUT2D eigenvalue weighted by Crippen LogP contribution is -2.55. The Labute approximate surface area is 148 Å². The highest BCUT2D eigenvalue weighted by atomic mass is 16.3. The topological polar surface area (TPSA) is 85.8 Å². The van der Waals surface area contributed by atoms with Crippen molar-refractivity contribution in [3.63, 3.8) is 0 Å². The van der Waals surface area contributed by atoms with Crippen LogP contribution in [-0.4, -0.2) is 76.1 Å². The van der Waals surface area contributed by atoms with Gasteiger partial charge in [-0.15, -0.1) is 0 Å².